The van der Waals surface area contributed by atoms with Crippen LogP contribution in [0.25, 0.3) is 0 Å². The molecule has 1 aromatic rings. The Bertz CT molecular complexity index is 393. The van der Waals surface area contributed by atoms with Crippen LogP contribution in [0.15, 0.2) is 24.3 Å². The molecule has 1 heteroatoms. The van der Waals surface area contributed by atoms with E-state index in [0.717, 1.165) is 18.5 Å². The Morgan fingerprint density at radius 3 is 2.48 bits per heavy atom. The van der Waals surface area contributed by atoms with E-state index in [1.807, 2.05) is 0 Å². The molecule has 2 atom stereocenters. The predicted molar refractivity (Wildman–Crippen MR) is 92.6 cm³/mol. The topological polar surface area (TPSA) is 12.0 Å². The summed E-state index contributed by atoms with van der Waals surface area (Å²) in [5.74, 6) is 1.62. The molecule has 118 valence electrons. The van der Waals surface area contributed by atoms with E-state index >= 15 is 0 Å². The lowest BCUT2D eigenvalue weighted by molar-refractivity contribution is 0.409. The van der Waals surface area contributed by atoms with Crippen molar-refractivity contribution in [2.75, 3.05) is 0 Å². The average molecular weight is 287 g/mol. The lowest BCUT2D eigenvalue weighted by atomic mass is 9.95. The maximum Gasteiger partial charge on any atom is 0.0208 e. The molecular weight excluding hydrogens is 254 g/mol. The van der Waals surface area contributed by atoms with E-state index in [1.54, 1.807) is 0 Å². The fraction of sp³-hybridized carbons (Fsp3) is 0.700. The van der Waals surface area contributed by atoms with Crippen molar-refractivity contribution in [1.29, 1.82) is 0 Å². The minimum atomic E-state index is 0.629. The molecule has 2 unspecified atom stereocenters. The monoisotopic (exact) mass is 287 g/mol. The first kappa shape index (κ1) is 16.5. The summed E-state index contributed by atoms with van der Waals surface area (Å²) < 4.78 is 0. The summed E-state index contributed by atoms with van der Waals surface area (Å²) in [7, 11) is 0. The minimum absolute atomic E-state index is 0.629. The fourth-order valence-electron chi connectivity index (χ4n) is 3.56. The molecule has 2 rings (SSSR count). The predicted octanol–water partition coefficient (Wildman–Crippen LogP) is 5.65. The molecule has 0 radical (unpaired) electrons. The molecule has 0 aliphatic heterocycles. The molecule has 0 heterocycles. The Morgan fingerprint density at radius 2 is 1.81 bits per heavy atom. The summed E-state index contributed by atoms with van der Waals surface area (Å²) in [6.07, 6.45) is 9.81. The van der Waals surface area contributed by atoms with E-state index in [4.69, 9.17) is 0 Å². The van der Waals surface area contributed by atoms with Gasteiger partial charge < -0.3 is 5.32 Å². The van der Waals surface area contributed by atoms with Gasteiger partial charge in [0.2, 0.25) is 0 Å². The molecule has 0 bridgehead atoms. The Labute approximate surface area is 131 Å². The van der Waals surface area contributed by atoms with Gasteiger partial charge in [-0.05, 0) is 42.2 Å². The Morgan fingerprint density at radius 1 is 1.05 bits per heavy atom. The van der Waals surface area contributed by atoms with Gasteiger partial charge >= 0.3 is 0 Å². The van der Waals surface area contributed by atoms with E-state index in [0.29, 0.717) is 5.92 Å². The largest absolute Gasteiger partial charge is 0.310 e. The van der Waals surface area contributed by atoms with E-state index in [1.165, 1.54) is 56.1 Å². The molecule has 0 spiro atoms. The summed E-state index contributed by atoms with van der Waals surface area (Å²) in [5.41, 5.74) is 2.87. The van der Waals surface area contributed by atoms with Crippen LogP contribution in [0.1, 0.15) is 82.8 Å². The quantitative estimate of drug-likeness (QED) is 0.667. The highest BCUT2D eigenvalue weighted by molar-refractivity contribution is 5.24. The molecule has 1 saturated carbocycles. The molecule has 0 amide bonds. The van der Waals surface area contributed by atoms with E-state index < -0.39 is 0 Å². The molecule has 21 heavy (non-hydrogen) atoms. The SMILES string of the molecule is CCCC1CCCC(NCc2ccc(C(C)C)cc2)CC1. The minimum Gasteiger partial charge on any atom is -0.310 e. The second-order valence-electron chi connectivity index (χ2n) is 7.14. The fourth-order valence-corrected chi connectivity index (χ4v) is 3.56. The van der Waals surface area contributed by atoms with Crippen LogP contribution in [0, 0.1) is 5.92 Å². The van der Waals surface area contributed by atoms with Crippen LogP contribution in [-0.4, -0.2) is 6.04 Å². The molecule has 1 aromatic carbocycles. The van der Waals surface area contributed by atoms with E-state index in [-0.39, 0.29) is 0 Å². The summed E-state index contributed by atoms with van der Waals surface area (Å²) in [6, 6.07) is 9.88. The van der Waals surface area contributed by atoms with E-state index in [9.17, 15) is 0 Å². The average Bonchev–Trinajstić information content (AvgIpc) is 2.71. The molecule has 1 nitrogen and oxygen atoms in total. The second-order valence-corrected chi connectivity index (χ2v) is 7.14. The molecule has 0 saturated heterocycles. The van der Waals surface area contributed by atoms with Crippen LogP contribution in [0.5, 0.6) is 0 Å². The highest BCUT2D eigenvalue weighted by atomic mass is 14.9. The normalized spacial score (nSPS) is 23.2. The zero-order valence-electron chi connectivity index (χ0n) is 14.2. The number of hydrogen-bond acceptors (Lipinski definition) is 1. The van der Waals surface area contributed by atoms with Gasteiger partial charge in [0.05, 0.1) is 0 Å². The summed E-state index contributed by atoms with van der Waals surface area (Å²) in [4.78, 5) is 0. The molecule has 1 aliphatic rings. The Hall–Kier alpha value is -0.820. The van der Waals surface area contributed by atoms with Gasteiger partial charge in [-0.2, -0.15) is 0 Å². The van der Waals surface area contributed by atoms with Crippen LogP contribution in [0.3, 0.4) is 0 Å². The van der Waals surface area contributed by atoms with Crippen molar-refractivity contribution in [3.8, 4) is 0 Å². The Kier molecular flexibility index (Phi) is 6.76. The molecule has 1 N–H and O–H groups in total. The van der Waals surface area contributed by atoms with Crippen molar-refractivity contribution in [2.24, 2.45) is 5.92 Å². The van der Waals surface area contributed by atoms with Gasteiger partial charge in [-0.3, -0.25) is 0 Å². The zero-order valence-corrected chi connectivity index (χ0v) is 14.2. The zero-order chi connectivity index (χ0) is 15.1. The lowest BCUT2D eigenvalue weighted by Gasteiger charge is -2.17. The maximum absolute atomic E-state index is 3.79. The van der Waals surface area contributed by atoms with Crippen molar-refractivity contribution in [2.45, 2.75) is 84.2 Å². The summed E-state index contributed by atoms with van der Waals surface area (Å²) in [5, 5.41) is 3.79. The van der Waals surface area contributed by atoms with Crippen molar-refractivity contribution in [1.82, 2.24) is 5.32 Å². The van der Waals surface area contributed by atoms with Gasteiger partial charge in [0.25, 0.3) is 0 Å². The Balaban J connectivity index is 1.77. The van der Waals surface area contributed by atoms with Gasteiger partial charge in [-0.15, -0.1) is 0 Å². The molecule has 1 fully saturated rings. The van der Waals surface area contributed by atoms with Crippen LogP contribution in [0.4, 0.5) is 0 Å². The first-order chi connectivity index (χ1) is 10.2. The third-order valence-corrected chi connectivity index (χ3v) is 5.03. The first-order valence-electron chi connectivity index (χ1n) is 9.01. The van der Waals surface area contributed by atoms with Crippen molar-refractivity contribution in [3.63, 3.8) is 0 Å². The molecular formula is C20H33N. The second kappa shape index (κ2) is 8.58. The highest BCUT2D eigenvalue weighted by Gasteiger charge is 2.17. The van der Waals surface area contributed by atoms with Crippen LogP contribution in [0.2, 0.25) is 0 Å². The maximum atomic E-state index is 3.79. The number of rotatable bonds is 6. The van der Waals surface area contributed by atoms with Crippen LogP contribution in [-0.2, 0) is 6.54 Å². The van der Waals surface area contributed by atoms with Crippen molar-refractivity contribution >= 4 is 0 Å². The molecule has 0 aromatic heterocycles. The first-order valence-corrected chi connectivity index (χ1v) is 9.01. The van der Waals surface area contributed by atoms with Gasteiger partial charge in [-0.1, -0.05) is 70.7 Å². The highest BCUT2D eigenvalue weighted by Crippen LogP contribution is 2.26. The van der Waals surface area contributed by atoms with Gasteiger partial charge in [0.15, 0.2) is 0 Å². The van der Waals surface area contributed by atoms with E-state index in [2.05, 4.69) is 50.4 Å². The number of benzene rings is 1. The smallest absolute Gasteiger partial charge is 0.0208 e. The van der Waals surface area contributed by atoms with Crippen molar-refractivity contribution < 1.29 is 0 Å². The summed E-state index contributed by atoms with van der Waals surface area (Å²) in [6.45, 7) is 7.86. The van der Waals surface area contributed by atoms with Gasteiger partial charge in [0, 0.05) is 12.6 Å². The third-order valence-electron chi connectivity index (χ3n) is 5.03. The molecule has 1 aliphatic carbocycles. The van der Waals surface area contributed by atoms with Gasteiger partial charge in [-0.25, -0.2) is 0 Å². The third kappa shape index (κ3) is 5.47. The number of hydrogen-bond donors (Lipinski definition) is 1. The summed E-state index contributed by atoms with van der Waals surface area (Å²) >= 11 is 0. The van der Waals surface area contributed by atoms with Gasteiger partial charge in [0.1, 0.15) is 0 Å². The van der Waals surface area contributed by atoms with Crippen LogP contribution >= 0.6 is 0 Å². The number of nitrogens with one attached hydrogen (secondary N) is 1. The standard InChI is InChI=1S/C20H33N/c1-4-6-17-7-5-8-20(14-11-17)21-15-18-9-12-19(13-10-18)16(2)3/h9-10,12-13,16-17,20-21H,4-8,11,14-15H2,1-3H3. The van der Waals surface area contributed by atoms with Crippen molar-refractivity contribution in [3.05, 3.63) is 35.4 Å². The van der Waals surface area contributed by atoms with Crippen LogP contribution < -0.4 is 5.32 Å². The lowest BCUT2D eigenvalue weighted by Crippen LogP contribution is -2.27.